The highest BCUT2D eigenvalue weighted by atomic mass is 19.1. The van der Waals surface area contributed by atoms with E-state index >= 15 is 0 Å². The molecular formula is C16H14FN3. The summed E-state index contributed by atoms with van der Waals surface area (Å²) in [6, 6.07) is 12.0. The Hall–Kier alpha value is -2.62. The quantitative estimate of drug-likeness (QED) is 0.690. The Morgan fingerprint density at radius 3 is 2.55 bits per heavy atom. The minimum atomic E-state index is -0.262. The number of hydrogen-bond acceptors (Lipinski definition) is 3. The summed E-state index contributed by atoms with van der Waals surface area (Å²) in [4.78, 5) is 4.35. The van der Waals surface area contributed by atoms with Crippen molar-refractivity contribution in [2.75, 3.05) is 11.1 Å². The zero-order valence-corrected chi connectivity index (χ0v) is 11.0. The van der Waals surface area contributed by atoms with Gasteiger partial charge in [0.1, 0.15) is 11.6 Å². The molecule has 3 rings (SSSR count). The monoisotopic (exact) mass is 267 g/mol. The van der Waals surface area contributed by atoms with Crippen LogP contribution in [-0.2, 0) is 0 Å². The van der Waals surface area contributed by atoms with Gasteiger partial charge in [0.2, 0.25) is 0 Å². The Bertz CT molecular complexity index is 767. The fourth-order valence-electron chi connectivity index (χ4n) is 2.23. The van der Waals surface area contributed by atoms with E-state index in [1.54, 1.807) is 18.3 Å². The lowest BCUT2D eigenvalue weighted by Gasteiger charge is -2.11. The Morgan fingerprint density at radius 2 is 1.80 bits per heavy atom. The van der Waals surface area contributed by atoms with Crippen LogP contribution in [0, 0.1) is 12.7 Å². The van der Waals surface area contributed by atoms with Gasteiger partial charge in [-0.2, -0.15) is 0 Å². The molecule has 0 radical (unpaired) electrons. The van der Waals surface area contributed by atoms with Gasteiger partial charge in [0.15, 0.2) is 0 Å². The molecule has 3 N–H and O–H groups in total. The molecule has 0 bridgehead atoms. The molecule has 2 aromatic carbocycles. The van der Waals surface area contributed by atoms with Crippen molar-refractivity contribution < 1.29 is 4.39 Å². The number of benzene rings is 2. The Labute approximate surface area is 116 Å². The van der Waals surface area contributed by atoms with Crippen LogP contribution in [0.15, 0.2) is 48.7 Å². The van der Waals surface area contributed by atoms with Crippen LogP contribution >= 0.6 is 0 Å². The number of nitrogens with zero attached hydrogens (tertiary/aromatic N) is 1. The molecule has 0 unspecified atom stereocenters. The van der Waals surface area contributed by atoms with E-state index in [2.05, 4.69) is 10.3 Å². The summed E-state index contributed by atoms with van der Waals surface area (Å²) in [5, 5.41) is 5.10. The third-order valence-electron chi connectivity index (χ3n) is 3.16. The number of pyridine rings is 1. The molecule has 0 aliphatic rings. The molecule has 1 heterocycles. The number of nitrogen functional groups attached to an aromatic ring is 1. The van der Waals surface area contributed by atoms with Crippen molar-refractivity contribution >= 4 is 28.0 Å². The van der Waals surface area contributed by atoms with Crippen molar-refractivity contribution in [1.82, 2.24) is 4.98 Å². The highest BCUT2D eigenvalue weighted by Gasteiger charge is 2.06. The second kappa shape index (κ2) is 4.81. The molecule has 0 fully saturated rings. The van der Waals surface area contributed by atoms with Crippen LogP contribution in [0.2, 0.25) is 0 Å². The molecule has 4 heteroatoms. The number of aromatic nitrogens is 1. The van der Waals surface area contributed by atoms with Crippen LogP contribution in [0.5, 0.6) is 0 Å². The number of anilines is 3. The lowest BCUT2D eigenvalue weighted by atomic mass is 10.1. The van der Waals surface area contributed by atoms with Crippen LogP contribution in [0.25, 0.3) is 10.8 Å². The maximum absolute atomic E-state index is 12.9. The third kappa shape index (κ3) is 2.28. The highest BCUT2D eigenvalue weighted by Crippen LogP contribution is 2.29. The van der Waals surface area contributed by atoms with E-state index in [1.165, 1.54) is 12.1 Å². The zero-order valence-electron chi connectivity index (χ0n) is 11.0. The van der Waals surface area contributed by atoms with Crippen molar-refractivity contribution in [3.8, 4) is 0 Å². The number of nitrogens with two attached hydrogens (primary N) is 1. The number of rotatable bonds is 2. The second-order valence-electron chi connectivity index (χ2n) is 4.74. The number of hydrogen-bond donors (Lipinski definition) is 2. The predicted octanol–water partition coefficient (Wildman–Crippen LogP) is 4.01. The molecular weight excluding hydrogens is 253 g/mol. The van der Waals surface area contributed by atoms with Gasteiger partial charge >= 0.3 is 0 Å². The SMILES string of the molecule is Cc1cc(N)c2ccnc(Nc3ccc(F)cc3)c2c1. The number of aryl methyl sites for hydroxylation is 1. The molecule has 0 saturated carbocycles. The van der Waals surface area contributed by atoms with Crippen molar-refractivity contribution in [2.45, 2.75) is 6.92 Å². The fourth-order valence-corrected chi connectivity index (χ4v) is 2.23. The summed E-state index contributed by atoms with van der Waals surface area (Å²) in [7, 11) is 0. The van der Waals surface area contributed by atoms with Gasteiger partial charge in [0.25, 0.3) is 0 Å². The fraction of sp³-hybridized carbons (Fsp3) is 0.0625. The van der Waals surface area contributed by atoms with Gasteiger partial charge in [-0.15, -0.1) is 0 Å². The topological polar surface area (TPSA) is 50.9 Å². The number of fused-ring (bicyclic) bond motifs is 1. The summed E-state index contributed by atoms with van der Waals surface area (Å²) in [5.41, 5.74) is 8.62. The maximum Gasteiger partial charge on any atom is 0.138 e. The van der Waals surface area contributed by atoms with E-state index in [4.69, 9.17) is 5.73 Å². The number of nitrogens with one attached hydrogen (secondary N) is 1. The first-order valence-corrected chi connectivity index (χ1v) is 6.31. The van der Waals surface area contributed by atoms with Gasteiger partial charge in [-0.1, -0.05) is 0 Å². The van der Waals surface area contributed by atoms with Gasteiger partial charge < -0.3 is 11.1 Å². The van der Waals surface area contributed by atoms with Gasteiger partial charge in [-0.25, -0.2) is 9.37 Å². The van der Waals surface area contributed by atoms with E-state index in [0.717, 1.165) is 27.7 Å². The lowest BCUT2D eigenvalue weighted by Crippen LogP contribution is -1.97. The molecule has 0 aliphatic carbocycles. The summed E-state index contributed by atoms with van der Waals surface area (Å²) in [5.74, 6) is 0.450. The first kappa shape index (κ1) is 12.4. The second-order valence-corrected chi connectivity index (χ2v) is 4.74. The average Bonchev–Trinajstić information content (AvgIpc) is 2.42. The Kier molecular flexibility index (Phi) is 2.99. The van der Waals surface area contributed by atoms with Crippen molar-refractivity contribution in [1.29, 1.82) is 0 Å². The first-order chi connectivity index (χ1) is 9.63. The first-order valence-electron chi connectivity index (χ1n) is 6.31. The molecule has 0 spiro atoms. The van der Waals surface area contributed by atoms with Gasteiger partial charge in [-0.05, 0) is 55.0 Å². The van der Waals surface area contributed by atoms with Gasteiger partial charge in [0.05, 0.1) is 0 Å². The molecule has 100 valence electrons. The van der Waals surface area contributed by atoms with E-state index in [-0.39, 0.29) is 5.82 Å². The maximum atomic E-state index is 12.9. The van der Waals surface area contributed by atoms with Crippen molar-refractivity contribution in [2.24, 2.45) is 0 Å². The molecule has 20 heavy (non-hydrogen) atoms. The molecule has 0 saturated heterocycles. The smallest absolute Gasteiger partial charge is 0.138 e. The molecule has 0 amide bonds. The lowest BCUT2D eigenvalue weighted by molar-refractivity contribution is 0.628. The third-order valence-corrected chi connectivity index (χ3v) is 3.16. The van der Waals surface area contributed by atoms with Gasteiger partial charge in [-0.3, -0.25) is 0 Å². The summed E-state index contributed by atoms with van der Waals surface area (Å²) < 4.78 is 12.9. The normalized spacial score (nSPS) is 10.7. The molecule has 3 aromatic rings. The summed E-state index contributed by atoms with van der Waals surface area (Å²) >= 11 is 0. The largest absolute Gasteiger partial charge is 0.398 e. The van der Waals surface area contributed by atoms with E-state index in [9.17, 15) is 4.39 Å². The zero-order chi connectivity index (χ0) is 14.1. The number of halogens is 1. The minimum Gasteiger partial charge on any atom is -0.398 e. The Morgan fingerprint density at radius 1 is 1.05 bits per heavy atom. The van der Waals surface area contributed by atoms with E-state index in [1.807, 2.05) is 25.1 Å². The highest BCUT2D eigenvalue weighted by molar-refractivity contribution is 6.00. The summed E-state index contributed by atoms with van der Waals surface area (Å²) in [6.07, 6.45) is 1.71. The predicted molar refractivity (Wildman–Crippen MR) is 80.6 cm³/mol. The van der Waals surface area contributed by atoms with E-state index in [0.29, 0.717) is 5.82 Å². The van der Waals surface area contributed by atoms with Crippen LogP contribution in [0.3, 0.4) is 0 Å². The molecule has 0 aliphatic heterocycles. The van der Waals surface area contributed by atoms with Crippen molar-refractivity contribution in [3.63, 3.8) is 0 Å². The van der Waals surface area contributed by atoms with Crippen molar-refractivity contribution in [3.05, 3.63) is 60.0 Å². The van der Waals surface area contributed by atoms with Crippen LogP contribution in [0.4, 0.5) is 21.6 Å². The minimum absolute atomic E-state index is 0.262. The average molecular weight is 267 g/mol. The standard InChI is InChI=1S/C16H14FN3/c1-10-8-14-13(15(18)9-10)6-7-19-16(14)20-12-4-2-11(17)3-5-12/h2-9H,18H2,1H3,(H,19,20). The molecule has 3 nitrogen and oxygen atoms in total. The van der Waals surface area contributed by atoms with Crippen LogP contribution in [0.1, 0.15) is 5.56 Å². The van der Waals surface area contributed by atoms with Gasteiger partial charge in [0, 0.05) is 28.3 Å². The van der Waals surface area contributed by atoms with Crippen LogP contribution in [-0.4, -0.2) is 4.98 Å². The summed E-state index contributed by atoms with van der Waals surface area (Å²) in [6.45, 7) is 1.99. The van der Waals surface area contributed by atoms with Crippen LogP contribution < -0.4 is 11.1 Å². The molecule has 1 aromatic heterocycles. The molecule has 0 atom stereocenters. The Balaban J connectivity index is 2.09. The van der Waals surface area contributed by atoms with E-state index < -0.39 is 0 Å².